The van der Waals surface area contributed by atoms with E-state index in [1.165, 1.54) is 12.1 Å². The number of amides is 1. The molecule has 1 aromatic heterocycles. The van der Waals surface area contributed by atoms with Gasteiger partial charge in [-0.15, -0.1) is 0 Å². The van der Waals surface area contributed by atoms with Crippen molar-refractivity contribution in [2.75, 3.05) is 5.32 Å². The maximum atomic E-state index is 12.6. The molecule has 1 heterocycles. The van der Waals surface area contributed by atoms with Gasteiger partial charge in [0, 0.05) is 24.0 Å². The normalized spacial score (nSPS) is 22.0. The molecule has 2 atom stereocenters. The van der Waals surface area contributed by atoms with Gasteiger partial charge in [-0.2, -0.15) is 0 Å². The Morgan fingerprint density at radius 3 is 2.25 bits per heavy atom. The van der Waals surface area contributed by atoms with Gasteiger partial charge < -0.3 is 5.32 Å². The third kappa shape index (κ3) is 3.05. The second kappa shape index (κ2) is 5.68. The van der Waals surface area contributed by atoms with Crippen LogP contribution in [-0.4, -0.2) is 19.3 Å². The molecule has 126 valence electrons. The summed E-state index contributed by atoms with van der Waals surface area (Å²) in [5.74, 6) is -0.188. The number of sulfonamides is 1. The number of nitrogens with one attached hydrogen (secondary N) is 1. The Morgan fingerprint density at radius 2 is 1.71 bits per heavy atom. The summed E-state index contributed by atoms with van der Waals surface area (Å²) < 4.78 is 22.7. The van der Waals surface area contributed by atoms with Gasteiger partial charge in [0.1, 0.15) is 0 Å². The molecule has 1 aromatic carbocycles. The molecular weight excluding hydrogens is 326 g/mol. The average molecular weight is 345 g/mol. The molecule has 1 aliphatic rings. The maximum absolute atomic E-state index is 12.6. The third-order valence-electron chi connectivity index (χ3n) is 4.63. The average Bonchev–Trinajstić information content (AvgIpc) is 3.10. The zero-order valence-electron chi connectivity index (χ0n) is 13.4. The molecule has 1 aliphatic carbocycles. The van der Waals surface area contributed by atoms with Crippen molar-refractivity contribution in [1.82, 2.24) is 4.98 Å². The van der Waals surface area contributed by atoms with Crippen molar-refractivity contribution >= 4 is 21.6 Å². The molecule has 1 fully saturated rings. The predicted molar refractivity (Wildman–Crippen MR) is 90.7 cm³/mol. The molecule has 0 spiro atoms. The van der Waals surface area contributed by atoms with Crippen LogP contribution in [0, 0.1) is 11.3 Å². The third-order valence-corrected chi connectivity index (χ3v) is 5.55. The zero-order valence-corrected chi connectivity index (χ0v) is 14.2. The summed E-state index contributed by atoms with van der Waals surface area (Å²) in [6.45, 7) is 4.06. The Hall–Kier alpha value is -2.25. The second-order valence-electron chi connectivity index (χ2n) is 6.62. The number of carbonyl (C=O) groups excluding carboxylic acids is 1. The maximum Gasteiger partial charge on any atom is 0.238 e. The molecule has 3 N–H and O–H groups in total. The number of aromatic nitrogens is 1. The highest BCUT2D eigenvalue weighted by Crippen LogP contribution is 2.64. The van der Waals surface area contributed by atoms with Gasteiger partial charge in [-0.05, 0) is 35.2 Å². The van der Waals surface area contributed by atoms with E-state index in [-0.39, 0.29) is 28.1 Å². The molecule has 0 aliphatic heterocycles. The minimum Gasteiger partial charge on any atom is -0.326 e. The van der Waals surface area contributed by atoms with E-state index in [4.69, 9.17) is 5.14 Å². The summed E-state index contributed by atoms with van der Waals surface area (Å²) in [6.07, 6.45) is 3.24. The molecule has 3 rings (SSSR count). The Labute approximate surface area is 141 Å². The van der Waals surface area contributed by atoms with Crippen LogP contribution >= 0.6 is 0 Å². The number of primary sulfonamides is 1. The summed E-state index contributed by atoms with van der Waals surface area (Å²) in [4.78, 5) is 16.5. The standard InChI is InChI=1S/C17H19N3O3S/c1-17(2)14(11-3-5-13(6-4-11)24(18,22)23)15(17)16(21)20-12-7-9-19-10-8-12/h3-10,14-15H,1-2H3,(H2,18,22,23)(H,19,20,21)/t14-,15+/m0/s1. The number of nitrogens with zero attached hydrogens (tertiary/aromatic N) is 1. The fourth-order valence-electron chi connectivity index (χ4n) is 3.27. The highest BCUT2D eigenvalue weighted by molar-refractivity contribution is 7.89. The first kappa shape index (κ1) is 16.6. The van der Waals surface area contributed by atoms with E-state index in [0.29, 0.717) is 5.69 Å². The van der Waals surface area contributed by atoms with Crippen LogP contribution < -0.4 is 10.5 Å². The first-order valence-electron chi connectivity index (χ1n) is 7.55. The van der Waals surface area contributed by atoms with Crippen LogP contribution in [0.2, 0.25) is 0 Å². The van der Waals surface area contributed by atoms with Gasteiger partial charge >= 0.3 is 0 Å². The van der Waals surface area contributed by atoms with Crippen molar-refractivity contribution in [3.8, 4) is 0 Å². The molecule has 2 aromatic rings. The summed E-state index contributed by atoms with van der Waals surface area (Å²) in [5.41, 5.74) is 1.45. The lowest BCUT2D eigenvalue weighted by Crippen LogP contribution is -2.16. The van der Waals surface area contributed by atoms with Crippen molar-refractivity contribution in [2.24, 2.45) is 16.5 Å². The number of nitrogens with two attached hydrogens (primary N) is 1. The van der Waals surface area contributed by atoms with Crippen LogP contribution in [0.15, 0.2) is 53.7 Å². The van der Waals surface area contributed by atoms with Gasteiger partial charge in [-0.25, -0.2) is 13.6 Å². The molecule has 1 saturated carbocycles. The molecule has 7 heteroatoms. The van der Waals surface area contributed by atoms with E-state index in [1.54, 1.807) is 36.7 Å². The Morgan fingerprint density at radius 1 is 1.12 bits per heavy atom. The lowest BCUT2D eigenvalue weighted by atomic mass is 10.0. The summed E-state index contributed by atoms with van der Waals surface area (Å²) >= 11 is 0. The second-order valence-corrected chi connectivity index (χ2v) is 8.18. The lowest BCUT2D eigenvalue weighted by molar-refractivity contribution is -0.118. The Balaban J connectivity index is 1.78. The van der Waals surface area contributed by atoms with Crippen LogP contribution in [0.3, 0.4) is 0 Å². The van der Waals surface area contributed by atoms with Gasteiger partial charge in [0.05, 0.1) is 10.8 Å². The quantitative estimate of drug-likeness (QED) is 0.886. The molecular formula is C17H19N3O3S. The molecule has 0 unspecified atom stereocenters. The largest absolute Gasteiger partial charge is 0.326 e. The van der Waals surface area contributed by atoms with E-state index >= 15 is 0 Å². The number of carbonyl (C=O) groups is 1. The number of rotatable bonds is 4. The number of hydrogen-bond acceptors (Lipinski definition) is 4. The summed E-state index contributed by atoms with van der Waals surface area (Å²) in [7, 11) is -3.71. The lowest BCUT2D eigenvalue weighted by Gasteiger charge is -2.05. The van der Waals surface area contributed by atoms with Gasteiger partial charge in [0.15, 0.2) is 0 Å². The van der Waals surface area contributed by atoms with Gasteiger partial charge in [-0.1, -0.05) is 26.0 Å². The minimum atomic E-state index is -3.71. The fraction of sp³-hybridized carbons (Fsp3) is 0.294. The molecule has 24 heavy (non-hydrogen) atoms. The van der Waals surface area contributed by atoms with E-state index in [0.717, 1.165) is 5.56 Å². The molecule has 6 nitrogen and oxygen atoms in total. The van der Waals surface area contributed by atoms with E-state index < -0.39 is 10.0 Å². The highest BCUT2D eigenvalue weighted by atomic mass is 32.2. The van der Waals surface area contributed by atoms with Crippen LogP contribution in [0.4, 0.5) is 5.69 Å². The minimum absolute atomic E-state index is 0.0360. The van der Waals surface area contributed by atoms with Crippen molar-refractivity contribution in [1.29, 1.82) is 0 Å². The smallest absolute Gasteiger partial charge is 0.238 e. The van der Waals surface area contributed by atoms with Gasteiger partial charge in [0.2, 0.25) is 15.9 Å². The molecule has 0 bridgehead atoms. The first-order valence-corrected chi connectivity index (χ1v) is 9.09. The predicted octanol–water partition coefficient (Wildman–Crippen LogP) is 2.11. The molecule has 0 radical (unpaired) electrons. The zero-order chi connectivity index (χ0) is 17.5. The fourth-order valence-corrected chi connectivity index (χ4v) is 3.78. The van der Waals surface area contributed by atoms with Crippen LogP contribution in [0.25, 0.3) is 0 Å². The molecule has 0 saturated heterocycles. The number of pyridine rings is 1. The topological polar surface area (TPSA) is 102 Å². The van der Waals surface area contributed by atoms with E-state index in [1.807, 2.05) is 13.8 Å². The SMILES string of the molecule is CC1(C)[C@@H](C(=O)Nc2ccncc2)[C@@H]1c1ccc(S(N)(=O)=O)cc1. The number of anilines is 1. The van der Waals surface area contributed by atoms with Gasteiger partial charge in [-0.3, -0.25) is 9.78 Å². The van der Waals surface area contributed by atoms with Crippen molar-refractivity contribution in [2.45, 2.75) is 24.7 Å². The van der Waals surface area contributed by atoms with Gasteiger partial charge in [0.25, 0.3) is 0 Å². The van der Waals surface area contributed by atoms with Crippen molar-refractivity contribution in [3.05, 3.63) is 54.4 Å². The monoisotopic (exact) mass is 345 g/mol. The first-order chi connectivity index (χ1) is 11.2. The number of benzene rings is 1. The highest BCUT2D eigenvalue weighted by Gasteiger charge is 2.62. The van der Waals surface area contributed by atoms with Crippen LogP contribution in [0.1, 0.15) is 25.3 Å². The Bertz CT molecular complexity index is 862. The van der Waals surface area contributed by atoms with E-state index in [2.05, 4.69) is 10.3 Å². The summed E-state index contributed by atoms with van der Waals surface area (Å²) in [6, 6.07) is 9.90. The van der Waals surface area contributed by atoms with Crippen molar-refractivity contribution in [3.63, 3.8) is 0 Å². The Kier molecular flexibility index (Phi) is 3.93. The molecule has 1 amide bonds. The van der Waals surface area contributed by atoms with Crippen LogP contribution in [0.5, 0.6) is 0 Å². The van der Waals surface area contributed by atoms with Crippen molar-refractivity contribution < 1.29 is 13.2 Å². The van der Waals surface area contributed by atoms with E-state index in [9.17, 15) is 13.2 Å². The number of hydrogen-bond donors (Lipinski definition) is 2. The summed E-state index contributed by atoms with van der Waals surface area (Å²) in [5, 5.41) is 8.02. The van der Waals surface area contributed by atoms with Crippen LogP contribution in [-0.2, 0) is 14.8 Å².